The summed E-state index contributed by atoms with van der Waals surface area (Å²) in [7, 11) is 0. The molecule has 0 amide bonds. The summed E-state index contributed by atoms with van der Waals surface area (Å²) < 4.78 is 0. The Balaban J connectivity index is 2.24. The molecule has 18 heavy (non-hydrogen) atoms. The molecule has 0 unspecified atom stereocenters. The first-order valence-corrected chi connectivity index (χ1v) is 5.88. The second-order valence-corrected chi connectivity index (χ2v) is 4.45. The van der Waals surface area contributed by atoms with Gasteiger partial charge in [0.25, 0.3) is 0 Å². The number of ketones is 1. The van der Waals surface area contributed by atoms with E-state index in [1.165, 1.54) is 6.20 Å². The van der Waals surface area contributed by atoms with E-state index in [1.54, 1.807) is 12.1 Å². The van der Waals surface area contributed by atoms with Gasteiger partial charge in [0.2, 0.25) is 0 Å². The van der Waals surface area contributed by atoms with Crippen LogP contribution in [0.3, 0.4) is 0 Å². The summed E-state index contributed by atoms with van der Waals surface area (Å²) in [5.74, 6) is 0.0207. The number of nitrogens with zero attached hydrogens (tertiary/aromatic N) is 1. The van der Waals surface area contributed by atoms with E-state index in [0.29, 0.717) is 17.8 Å². The van der Waals surface area contributed by atoms with Crippen LogP contribution in [-0.2, 0) is 6.42 Å². The third-order valence-corrected chi connectivity index (χ3v) is 3.05. The van der Waals surface area contributed by atoms with Gasteiger partial charge in [-0.1, -0.05) is 18.2 Å². The van der Waals surface area contributed by atoms with Gasteiger partial charge in [0.15, 0.2) is 5.78 Å². The molecule has 0 aliphatic carbocycles. The van der Waals surface area contributed by atoms with Crippen molar-refractivity contribution >= 4 is 11.5 Å². The molecular formula is C15H16N2O. The number of pyridine rings is 1. The third-order valence-electron chi connectivity index (χ3n) is 3.05. The Morgan fingerprint density at radius 2 is 1.83 bits per heavy atom. The molecule has 2 aromatic rings. The van der Waals surface area contributed by atoms with Gasteiger partial charge in [0.1, 0.15) is 5.69 Å². The van der Waals surface area contributed by atoms with Gasteiger partial charge in [-0.2, -0.15) is 0 Å². The molecule has 0 spiro atoms. The Kier molecular flexibility index (Phi) is 3.42. The van der Waals surface area contributed by atoms with E-state index in [0.717, 1.165) is 16.7 Å². The maximum atomic E-state index is 12.1. The van der Waals surface area contributed by atoms with Crippen LogP contribution in [-0.4, -0.2) is 10.8 Å². The summed E-state index contributed by atoms with van der Waals surface area (Å²) in [5.41, 5.74) is 9.95. The monoisotopic (exact) mass is 240 g/mol. The number of aromatic nitrogens is 1. The second kappa shape index (κ2) is 5.00. The summed E-state index contributed by atoms with van der Waals surface area (Å²) in [6.45, 7) is 4.04. The summed E-state index contributed by atoms with van der Waals surface area (Å²) in [5, 5.41) is 0. The molecule has 2 rings (SSSR count). The van der Waals surface area contributed by atoms with Crippen molar-refractivity contribution in [2.45, 2.75) is 20.3 Å². The maximum absolute atomic E-state index is 12.1. The number of benzene rings is 1. The first-order valence-electron chi connectivity index (χ1n) is 5.88. The lowest BCUT2D eigenvalue weighted by atomic mass is 9.97. The molecule has 0 aliphatic heterocycles. The largest absolute Gasteiger partial charge is 0.397 e. The summed E-state index contributed by atoms with van der Waals surface area (Å²) in [6.07, 6.45) is 1.90. The van der Waals surface area contributed by atoms with Gasteiger partial charge in [-0.25, -0.2) is 0 Å². The van der Waals surface area contributed by atoms with Crippen molar-refractivity contribution in [1.82, 2.24) is 4.98 Å². The normalized spacial score (nSPS) is 10.3. The van der Waals surface area contributed by atoms with Crippen molar-refractivity contribution in [2.24, 2.45) is 0 Å². The predicted octanol–water partition coefficient (Wildman–Crippen LogP) is 2.71. The second-order valence-electron chi connectivity index (χ2n) is 4.45. The Morgan fingerprint density at radius 1 is 1.17 bits per heavy atom. The first kappa shape index (κ1) is 12.3. The Hall–Kier alpha value is -2.16. The molecule has 0 radical (unpaired) electrons. The van der Waals surface area contributed by atoms with E-state index in [9.17, 15) is 4.79 Å². The van der Waals surface area contributed by atoms with E-state index >= 15 is 0 Å². The highest BCUT2D eigenvalue weighted by molar-refractivity contribution is 5.96. The van der Waals surface area contributed by atoms with E-state index in [1.807, 2.05) is 32.0 Å². The molecule has 0 saturated carbocycles. The zero-order valence-electron chi connectivity index (χ0n) is 10.6. The minimum Gasteiger partial charge on any atom is -0.397 e. The lowest BCUT2D eigenvalue weighted by Crippen LogP contribution is -2.08. The van der Waals surface area contributed by atoms with Crippen molar-refractivity contribution in [1.29, 1.82) is 0 Å². The van der Waals surface area contributed by atoms with Crippen molar-refractivity contribution in [3.8, 4) is 0 Å². The van der Waals surface area contributed by atoms with Crippen LogP contribution >= 0.6 is 0 Å². The average Bonchev–Trinajstić information content (AvgIpc) is 2.34. The highest BCUT2D eigenvalue weighted by Crippen LogP contribution is 2.16. The molecule has 92 valence electrons. The molecule has 2 N–H and O–H groups in total. The minimum atomic E-state index is 0.0207. The molecular weight excluding hydrogens is 224 g/mol. The molecule has 3 nitrogen and oxygen atoms in total. The summed E-state index contributed by atoms with van der Waals surface area (Å²) in [6, 6.07) is 9.41. The number of hydrogen-bond acceptors (Lipinski definition) is 3. The molecule has 1 heterocycles. The molecule has 1 aromatic carbocycles. The Labute approximate surface area is 107 Å². The van der Waals surface area contributed by atoms with Gasteiger partial charge in [-0.15, -0.1) is 0 Å². The van der Waals surface area contributed by atoms with Crippen LogP contribution in [0.5, 0.6) is 0 Å². The van der Waals surface area contributed by atoms with E-state index < -0.39 is 0 Å². The van der Waals surface area contributed by atoms with Crippen molar-refractivity contribution in [3.63, 3.8) is 0 Å². The summed E-state index contributed by atoms with van der Waals surface area (Å²) in [4.78, 5) is 16.2. The van der Waals surface area contributed by atoms with Crippen LogP contribution in [0.4, 0.5) is 5.69 Å². The van der Waals surface area contributed by atoms with Crippen molar-refractivity contribution in [2.75, 3.05) is 5.73 Å². The fourth-order valence-corrected chi connectivity index (χ4v) is 1.95. The third kappa shape index (κ3) is 2.56. The van der Waals surface area contributed by atoms with Crippen LogP contribution in [0.25, 0.3) is 0 Å². The number of rotatable bonds is 3. The van der Waals surface area contributed by atoms with Crippen LogP contribution in [0, 0.1) is 13.8 Å². The lowest BCUT2D eigenvalue weighted by molar-refractivity contribution is 0.0988. The lowest BCUT2D eigenvalue weighted by Gasteiger charge is -2.08. The number of Topliss-reactive ketones (excluding diaryl/α,β-unsaturated/α-hetero) is 1. The maximum Gasteiger partial charge on any atom is 0.185 e. The van der Waals surface area contributed by atoms with Gasteiger partial charge in [0.05, 0.1) is 11.9 Å². The minimum absolute atomic E-state index is 0.0207. The fourth-order valence-electron chi connectivity index (χ4n) is 1.95. The van der Waals surface area contributed by atoms with Gasteiger partial charge in [0, 0.05) is 6.42 Å². The number of aryl methyl sites for hydroxylation is 2. The number of hydrogen-bond donors (Lipinski definition) is 1. The van der Waals surface area contributed by atoms with E-state index in [4.69, 9.17) is 5.73 Å². The topological polar surface area (TPSA) is 56.0 Å². The molecule has 1 aromatic heterocycles. The van der Waals surface area contributed by atoms with Gasteiger partial charge >= 0.3 is 0 Å². The molecule has 0 fully saturated rings. The average molecular weight is 240 g/mol. The molecule has 3 heteroatoms. The van der Waals surface area contributed by atoms with Crippen LogP contribution < -0.4 is 5.73 Å². The molecule has 0 saturated heterocycles. The quantitative estimate of drug-likeness (QED) is 0.839. The zero-order valence-corrected chi connectivity index (χ0v) is 10.6. The Morgan fingerprint density at radius 3 is 2.39 bits per heavy atom. The predicted molar refractivity (Wildman–Crippen MR) is 72.6 cm³/mol. The fraction of sp³-hybridized carbons (Fsp3) is 0.200. The van der Waals surface area contributed by atoms with Gasteiger partial charge < -0.3 is 5.73 Å². The standard InChI is InChI=1S/C15H16N2O/c1-10-4-3-5-11(2)13(10)8-15(18)14-7-6-12(16)9-17-14/h3-7,9H,8,16H2,1-2H3. The van der Waals surface area contributed by atoms with E-state index in [-0.39, 0.29) is 5.78 Å². The van der Waals surface area contributed by atoms with Crippen LogP contribution in [0.2, 0.25) is 0 Å². The molecule has 0 aliphatic rings. The summed E-state index contributed by atoms with van der Waals surface area (Å²) >= 11 is 0. The van der Waals surface area contributed by atoms with Crippen LogP contribution in [0.15, 0.2) is 36.5 Å². The zero-order chi connectivity index (χ0) is 13.1. The number of carbonyl (C=O) groups is 1. The van der Waals surface area contributed by atoms with Gasteiger partial charge in [-0.3, -0.25) is 9.78 Å². The first-order chi connectivity index (χ1) is 8.58. The number of anilines is 1. The smallest absolute Gasteiger partial charge is 0.185 e. The number of nitrogen functional groups attached to an aromatic ring is 1. The number of nitrogens with two attached hydrogens (primary N) is 1. The SMILES string of the molecule is Cc1cccc(C)c1CC(=O)c1ccc(N)cn1. The Bertz CT molecular complexity index is 553. The molecule has 0 atom stereocenters. The van der Waals surface area contributed by atoms with Crippen LogP contribution in [0.1, 0.15) is 27.2 Å². The highest BCUT2D eigenvalue weighted by atomic mass is 16.1. The highest BCUT2D eigenvalue weighted by Gasteiger charge is 2.11. The van der Waals surface area contributed by atoms with E-state index in [2.05, 4.69) is 4.98 Å². The van der Waals surface area contributed by atoms with Crippen molar-refractivity contribution in [3.05, 3.63) is 58.9 Å². The van der Waals surface area contributed by atoms with Crippen molar-refractivity contribution < 1.29 is 4.79 Å². The molecule has 0 bridgehead atoms. The number of carbonyl (C=O) groups excluding carboxylic acids is 1. The van der Waals surface area contributed by atoms with Gasteiger partial charge in [-0.05, 0) is 42.7 Å².